The zero-order chi connectivity index (χ0) is 14.3. The molecule has 0 amide bonds. The van der Waals surface area contributed by atoms with E-state index in [9.17, 15) is 5.11 Å². The van der Waals surface area contributed by atoms with Crippen LogP contribution >= 0.6 is 27.5 Å². The first-order chi connectivity index (χ1) is 9.04. The number of hydrogen-bond donors (Lipinski definition) is 2. The normalized spacial score (nSPS) is 12.5. The van der Waals surface area contributed by atoms with Gasteiger partial charge in [0.1, 0.15) is 0 Å². The first-order valence-electron chi connectivity index (χ1n) is 6.50. The van der Waals surface area contributed by atoms with Gasteiger partial charge in [0, 0.05) is 22.6 Å². The Morgan fingerprint density at radius 2 is 2.21 bits per heavy atom. The van der Waals surface area contributed by atoms with Gasteiger partial charge in [-0.2, -0.15) is 0 Å². The number of benzene rings is 1. The second kappa shape index (κ2) is 8.80. The van der Waals surface area contributed by atoms with Crippen LogP contribution < -0.4 is 5.32 Å². The highest BCUT2D eigenvalue weighted by Crippen LogP contribution is 2.29. The summed E-state index contributed by atoms with van der Waals surface area (Å²) in [5.74, 6) is 0. The molecule has 0 aliphatic rings. The first-order valence-corrected chi connectivity index (χ1v) is 7.67. The maximum Gasteiger partial charge on any atom is 0.0945 e. The van der Waals surface area contributed by atoms with Gasteiger partial charge in [0.2, 0.25) is 0 Å². The van der Waals surface area contributed by atoms with Crippen molar-refractivity contribution in [3.05, 3.63) is 27.2 Å². The Morgan fingerprint density at radius 1 is 1.47 bits per heavy atom. The van der Waals surface area contributed by atoms with Crippen molar-refractivity contribution in [2.45, 2.75) is 32.8 Å². The molecule has 1 aromatic rings. The van der Waals surface area contributed by atoms with Crippen molar-refractivity contribution in [1.82, 2.24) is 0 Å². The van der Waals surface area contributed by atoms with Crippen LogP contribution in [0.5, 0.6) is 0 Å². The average Bonchev–Trinajstić information content (AvgIpc) is 2.37. The quantitative estimate of drug-likeness (QED) is 0.696. The number of hydrogen-bond acceptors (Lipinski definition) is 3. The molecule has 3 nitrogen and oxygen atoms in total. The van der Waals surface area contributed by atoms with Crippen molar-refractivity contribution in [2.24, 2.45) is 0 Å². The molecule has 0 radical (unpaired) electrons. The highest BCUT2D eigenvalue weighted by atomic mass is 79.9. The van der Waals surface area contributed by atoms with Crippen LogP contribution in [0.15, 0.2) is 16.6 Å². The fourth-order valence-electron chi connectivity index (χ4n) is 1.53. The number of unbranched alkanes of at least 4 members (excludes halogenated alkanes) is 1. The van der Waals surface area contributed by atoms with E-state index in [0.29, 0.717) is 24.8 Å². The molecule has 0 saturated carbocycles. The van der Waals surface area contributed by atoms with E-state index in [1.54, 1.807) is 0 Å². The zero-order valence-electron chi connectivity index (χ0n) is 11.4. The topological polar surface area (TPSA) is 41.5 Å². The molecule has 0 spiro atoms. The Hall–Kier alpha value is -0.290. The number of anilines is 1. The minimum absolute atomic E-state index is 0.351. The fraction of sp³-hybridized carbons (Fsp3) is 0.571. The van der Waals surface area contributed by atoms with Gasteiger partial charge in [-0.25, -0.2) is 0 Å². The molecule has 1 rings (SSSR count). The molecule has 0 aliphatic heterocycles. The SMILES string of the molecule is CCCCOCC(O)CNc1cc(Cl)c(C)cc1Br. The monoisotopic (exact) mass is 349 g/mol. The van der Waals surface area contributed by atoms with Crippen molar-refractivity contribution < 1.29 is 9.84 Å². The third-order valence-corrected chi connectivity index (χ3v) is 3.79. The van der Waals surface area contributed by atoms with E-state index >= 15 is 0 Å². The molecule has 19 heavy (non-hydrogen) atoms. The zero-order valence-corrected chi connectivity index (χ0v) is 13.7. The van der Waals surface area contributed by atoms with Gasteiger partial charge in [-0.3, -0.25) is 0 Å². The molecule has 1 unspecified atom stereocenters. The van der Waals surface area contributed by atoms with Crippen LogP contribution in [0.25, 0.3) is 0 Å². The summed E-state index contributed by atoms with van der Waals surface area (Å²) in [6, 6.07) is 3.81. The highest BCUT2D eigenvalue weighted by Gasteiger charge is 2.07. The molecule has 1 atom stereocenters. The maximum atomic E-state index is 9.79. The van der Waals surface area contributed by atoms with Gasteiger partial charge in [0.05, 0.1) is 18.4 Å². The summed E-state index contributed by atoms with van der Waals surface area (Å²) in [6.45, 7) is 5.55. The number of aliphatic hydroxyl groups is 1. The third-order valence-electron chi connectivity index (χ3n) is 2.73. The summed E-state index contributed by atoms with van der Waals surface area (Å²) in [5.41, 5.74) is 1.89. The molecular weight excluding hydrogens is 330 g/mol. The Balaban J connectivity index is 2.37. The summed E-state index contributed by atoms with van der Waals surface area (Å²) in [5, 5.41) is 13.7. The molecular formula is C14H21BrClNO2. The molecule has 0 fully saturated rings. The third kappa shape index (κ3) is 6.13. The molecule has 0 saturated heterocycles. The summed E-state index contributed by atoms with van der Waals surface area (Å²) >= 11 is 9.54. The lowest BCUT2D eigenvalue weighted by Crippen LogP contribution is -2.25. The van der Waals surface area contributed by atoms with E-state index < -0.39 is 6.10 Å². The molecule has 0 bridgehead atoms. The van der Waals surface area contributed by atoms with E-state index in [0.717, 1.165) is 28.6 Å². The lowest BCUT2D eigenvalue weighted by atomic mass is 10.2. The lowest BCUT2D eigenvalue weighted by Gasteiger charge is -2.15. The van der Waals surface area contributed by atoms with Crippen LogP contribution in [0, 0.1) is 6.92 Å². The fourth-order valence-corrected chi connectivity index (χ4v) is 2.30. The van der Waals surface area contributed by atoms with E-state index in [2.05, 4.69) is 28.2 Å². The van der Waals surface area contributed by atoms with Crippen molar-refractivity contribution in [2.75, 3.05) is 25.1 Å². The number of halogens is 2. The smallest absolute Gasteiger partial charge is 0.0945 e. The molecule has 108 valence electrons. The van der Waals surface area contributed by atoms with Gasteiger partial charge < -0.3 is 15.2 Å². The van der Waals surface area contributed by atoms with Gasteiger partial charge in [-0.15, -0.1) is 0 Å². The van der Waals surface area contributed by atoms with E-state index in [-0.39, 0.29) is 0 Å². The standard InChI is InChI=1S/C14H21BrClNO2/c1-3-4-5-19-9-11(18)8-17-14-7-13(16)10(2)6-12(14)15/h6-7,11,17-18H,3-5,8-9H2,1-2H3. The first kappa shape index (κ1) is 16.8. The van der Waals surface area contributed by atoms with Crippen LogP contribution in [0.4, 0.5) is 5.69 Å². The number of ether oxygens (including phenoxy) is 1. The van der Waals surface area contributed by atoms with Crippen LogP contribution in [-0.2, 0) is 4.74 Å². The number of aliphatic hydroxyl groups excluding tert-OH is 1. The molecule has 0 aliphatic carbocycles. The van der Waals surface area contributed by atoms with Crippen LogP contribution in [0.1, 0.15) is 25.3 Å². The van der Waals surface area contributed by atoms with Crippen LogP contribution in [-0.4, -0.2) is 31.0 Å². The van der Waals surface area contributed by atoms with Crippen LogP contribution in [0.3, 0.4) is 0 Å². The Labute approximate surface area is 128 Å². The van der Waals surface area contributed by atoms with E-state index in [1.165, 1.54) is 0 Å². The second-order valence-electron chi connectivity index (χ2n) is 4.54. The van der Waals surface area contributed by atoms with Gasteiger partial charge in [0.25, 0.3) is 0 Å². The van der Waals surface area contributed by atoms with Crippen molar-refractivity contribution in [3.63, 3.8) is 0 Å². The van der Waals surface area contributed by atoms with E-state index in [4.69, 9.17) is 16.3 Å². The molecule has 0 aromatic heterocycles. The predicted octanol–water partition coefficient (Wildman–Crippen LogP) is 4.00. The number of nitrogens with one attached hydrogen (secondary N) is 1. The summed E-state index contributed by atoms with van der Waals surface area (Å²) in [4.78, 5) is 0. The van der Waals surface area contributed by atoms with Crippen molar-refractivity contribution >= 4 is 33.2 Å². The van der Waals surface area contributed by atoms with E-state index in [1.807, 2.05) is 19.1 Å². The predicted molar refractivity (Wildman–Crippen MR) is 84.1 cm³/mol. The number of aryl methyl sites for hydroxylation is 1. The summed E-state index contributed by atoms with van der Waals surface area (Å²) in [7, 11) is 0. The molecule has 5 heteroatoms. The van der Waals surface area contributed by atoms with Gasteiger partial charge in [-0.1, -0.05) is 24.9 Å². The Kier molecular flexibility index (Phi) is 7.76. The van der Waals surface area contributed by atoms with Gasteiger partial charge in [0.15, 0.2) is 0 Å². The summed E-state index contributed by atoms with van der Waals surface area (Å²) in [6.07, 6.45) is 1.60. The Morgan fingerprint density at radius 3 is 2.89 bits per heavy atom. The van der Waals surface area contributed by atoms with Crippen molar-refractivity contribution in [1.29, 1.82) is 0 Å². The lowest BCUT2D eigenvalue weighted by molar-refractivity contribution is 0.0421. The second-order valence-corrected chi connectivity index (χ2v) is 5.81. The molecule has 2 N–H and O–H groups in total. The minimum Gasteiger partial charge on any atom is -0.389 e. The van der Waals surface area contributed by atoms with Gasteiger partial charge in [-0.05, 0) is 47.0 Å². The molecule has 0 heterocycles. The van der Waals surface area contributed by atoms with Crippen molar-refractivity contribution in [3.8, 4) is 0 Å². The maximum absolute atomic E-state index is 9.79. The van der Waals surface area contributed by atoms with Crippen LogP contribution in [0.2, 0.25) is 5.02 Å². The largest absolute Gasteiger partial charge is 0.389 e. The summed E-state index contributed by atoms with van der Waals surface area (Å²) < 4.78 is 6.31. The molecule has 1 aromatic carbocycles. The minimum atomic E-state index is -0.524. The Bertz CT molecular complexity index is 401. The number of rotatable bonds is 8. The highest BCUT2D eigenvalue weighted by molar-refractivity contribution is 9.10. The average molecular weight is 351 g/mol. The van der Waals surface area contributed by atoms with Gasteiger partial charge >= 0.3 is 0 Å².